The Morgan fingerprint density at radius 2 is 0.875 bits per heavy atom. The van der Waals surface area contributed by atoms with Crippen molar-refractivity contribution < 1.29 is 9.59 Å². The minimum absolute atomic E-state index is 0.0239. The van der Waals surface area contributed by atoms with Crippen molar-refractivity contribution in [2.45, 2.75) is 27.7 Å². The van der Waals surface area contributed by atoms with E-state index in [2.05, 4.69) is 9.97 Å². The van der Waals surface area contributed by atoms with Crippen LogP contribution in [0.1, 0.15) is 25.0 Å². The van der Waals surface area contributed by atoms with Gasteiger partial charge in [-0.2, -0.15) is 0 Å². The molecule has 2 heterocycles. The first-order valence-corrected chi connectivity index (χ1v) is 10.2. The molecule has 5 aromatic rings. The monoisotopic (exact) mass is 428 g/mol. The van der Waals surface area contributed by atoms with Gasteiger partial charge in [0.2, 0.25) is 0 Å². The Labute approximate surface area is 183 Å². The highest BCUT2D eigenvalue weighted by Gasteiger charge is 2.11. The summed E-state index contributed by atoms with van der Waals surface area (Å²) in [4.78, 5) is 50.1. The number of carbonyl (C=O) groups excluding carboxylic acids is 2. The van der Waals surface area contributed by atoms with Gasteiger partial charge >= 0.3 is 0 Å². The normalized spacial score (nSPS) is 10.4. The summed E-state index contributed by atoms with van der Waals surface area (Å²) in [7, 11) is 0. The standard InChI is InChI=1S/C22H16N2O2.2C2H4O/c1-11-3-5-17-13(7-11)21(25)15-9-20-16(10-19(15)23-17)22(26)14-8-12(2)4-6-18(14)24-20;2*1-2-3/h3-10H,1-2H3,(H,23,25)(H,24,26);2*2H,1H3. The molecule has 32 heavy (non-hydrogen) atoms. The maximum absolute atomic E-state index is 13.0. The van der Waals surface area contributed by atoms with Crippen LogP contribution < -0.4 is 10.9 Å². The third-order valence-electron chi connectivity index (χ3n) is 5.03. The van der Waals surface area contributed by atoms with Crippen molar-refractivity contribution in [3.63, 3.8) is 0 Å². The summed E-state index contributed by atoms with van der Waals surface area (Å²) in [6.07, 6.45) is 1.50. The number of aromatic nitrogens is 2. The van der Waals surface area contributed by atoms with E-state index < -0.39 is 0 Å². The Morgan fingerprint density at radius 3 is 1.22 bits per heavy atom. The molecule has 0 atom stereocenters. The third kappa shape index (κ3) is 4.21. The van der Waals surface area contributed by atoms with Crippen LogP contribution in [0.3, 0.4) is 0 Å². The lowest BCUT2D eigenvalue weighted by Crippen LogP contribution is -2.08. The first-order valence-electron chi connectivity index (χ1n) is 10.2. The van der Waals surface area contributed by atoms with Crippen LogP contribution in [0, 0.1) is 13.8 Å². The van der Waals surface area contributed by atoms with E-state index in [-0.39, 0.29) is 10.9 Å². The van der Waals surface area contributed by atoms with E-state index in [1.165, 1.54) is 13.8 Å². The van der Waals surface area contributed by atoms with Gasteiger partial charge in [-0.05, 0) is 64.1 Å². The van der Waals surface area contributed by atoms with Crippen LogP contribution >= 0.6 is 0 Å². The van der Waals surface area contributed by atoms with Gasteiger partial charge in [0.1, 0.15) is 12.6 Å². The van der Waals surface area contributed by atoms with Gasteiger partial charge in [-0.15, -0.1) is 0 Å². The van der Waals surface area contributed by atoms with Crippen LogP contribution in [0.25, 0.3) is 43.6 Å². The van der Waals surface area contributed by atoms with Crippen LogP contribution in [-0.2, 0) is 9.59 Å². The largest absolute Gasteiger partial charge is 0.354 e. The molecule has 6 heteroatoms. The number of carbonyl (C=O) groups is 2. The van der Waals surface area contributed by atoms with Gasteiger partial charge in [0, 0.05) is 32.6 Å². The van der Waals surface area contributed by atoms with E-state index in [4.69, 9.17) is 9.59 Å². The highest BCUT2D eigenvalue weighted by molar-refractivity contribution is 6.02. The molecule has 0 aliphatic carbocycles. The molecule has 0 fully saturated rings. The van der Waals surface area contributed by atoms with Gasteiger partial charge in [-0.25, -0.2) is 0 Å². The van der Waals surface area contributed by atoms with Crippen molar-refractivity contribution in [1.82, 2.24) is 9.97 Å². The number of hydrogen-bond acceptors (Lipinski definition) is 4. The smallest absolute Gasteiger partial charge is 0.197 e. The van der Waals surface area contributed by atoms with Crippen molar-refractivity contribution in [2.75, 3.05) is 0 Å². The van der Waals surface area contributed by atoms with E-state index in [1.807, 2.05) is 50.2 Å². The maximum Gasteiger partial charge on any atom is 0.197 e. The first kappa shape index (κ1) is 22.6. The lowest BCUT2D eigenvalue weighted by Gasteiger charge is -2.07. The molecular weight excluding hydrogens is 404 g/mol. The molecule has 2 N–H and O–H groups in total. The molecule has 0 aliphatic heterocycles. The summed E-state index contributed by atoms with van der Waals surface area (Å²) < 4.78 is 0. The maximum atomic E-state index is 13.0. The van der Waals surface area contributed by atoms with E-state index in [0.29, 0.717) is 32.6 Å². The number of hydrogen-bond donors (Lipinski definition) is 2. The number of aldehydes is 2. The molecular formula is C26H24N2O4. The molecule has 0 radical (unpaired) electrons. The van der Waals surface area contributed by atoms with Crippen LogP contribution in [0.15, 0.2) is 58.1 Å². The molecule has 6 nitrogen and oxygen atoms in total. The topological polar surface area (TPSA) is 99.9 Å². The number of H-pyrrole nitrogens is 2. The summed E-state index contributed by atoms with van der Waals surface area (Å²) in [5.41, 5.74) is 4.94. The second kappa shape index (κ2) is 9.39. The number of benzene rings is 3. The van der Waals surface area contributed by atoms with Crippen molar-refractivity contribution in [3.8, 4) is 0 Å². The van der Waals surface area contributed by atoms with E-state index in [0.717, 1.165) is 34.7 Å². The Balaban J connectivity index is 0.000000437. The molecule has 0 amide bonds. The van der Waals surface area contributed by atoms with Crippen LogP contribution in [0.4, 0.5) is 0 Å². The third-order valence-corrected chi connectivity index (χ3v) is 5.03. The quantitative estimate of drug-likeness (QED) is 0.276. The second-order valence-corrected chi connectivity index (χ2v) is 7.42. The second-order valence-electron chi connectivity index (χ2n) is 7.42. The summed E-state index contributed by atoms with van der Waals surface area (Å²) in [5.74, 6) is 0. The molecule has 2 aromatic heterocycles. The fourth-order valence-corrected chi connectivity index (χ4v) is 3.67. The fraction of sp³-hybridized carbons (Fsp3) is 0.154. The molecule has 0 bridgehead atoms. The number of rotatable bonds is 0. The van der Waals surface area contributed by atoms with Crippen LogP contribution in [0.5, 0.6) is 0 Å². The number of fused-ring (bicyclic) bond motifs is 4. The number of pyridine rings is 2. The Hall–Kier alpha value is -4.06. The predicted octanol–water partition coefficient (Wildman–Crippen LogP) is 4.70. The van der Waals surface area contributed by atoms with E-state index in [9.17, 15) is 9.59 Å². The van der Waals surface area contributed by atoms with Crippen molar-refractivity contribution >= 4 is 56.2 Å². The van der Waals surface area contributed by atoms with Crippen LogP contribution in [-0.4, -0.2) is 22.5 Å². The lowest BCUT2D eigenvalue weighted by atomic mass is 10.0. The molecule has 162 valence electrons. The molecule has 0 saturated heterocycles. The molecule has 0 saturated carbocycles. The highest BCUT2D eigenvalue weighted by Crippen LogP contribution is 2.22. The minimum atomic E-state index is -0.0239. The Kier molecular flexibility index (Phi) is 6.64. The summed E-state index contributed by atoms with van der Waals surface area (Å²) in [6.45, 7) is 6.82. The minimum Gasteiger partial charge on any atom is -0.354 e. The first-order chi connectivity index (χ1) is 15.3. The Morgan fingerprint density at radius 1 is 0.562 bits per heavy atom. The van der Waals surface area contributed by atoms with E-state index >= 15 is 0 Å². The summed E-state index contributed by atoms with van der Waals surface area (Å²) in [6, 6.07) is 15.1. The van der Waals surface area contributed by atoms with Gasteiger partial charge in [-0.1, -0.05) is 23.3 Å². The van der Waals surface area contributed by atoms with Crippen molar-refractivity contribution in [2.24, 2.45) is 0 Å². The number of aromatic amines is 2. The Bertz CT molecular complexity index is 1470. The van der Waals surface area contributed by atoms with Gasteiger partial charge < -0.3 is 19.6 Å². The van der Waals surface area contributed by atoms with Crippen LogP contribution in [0.2, 0.25) is 0 Å². The number of nitrogens with one attached hydrogen (secondary N) is 2. The van der Waals surface area contributed by atoms with E-state index in [1.54, 1.807) is 12.1 Å². The lowest BCUT2D eigenvalue weighted by molar-refractivity contribution is -0.106. The van der Waals surface area contributed by atoms with Gasteiger partial charge in [0.05, 0.1) is 11.0 Å². The van der Waals surface area contributed by atoms with Gasteiger partial charge in [0.25, 0.3) is 0 Å². The molecule has 0 spiro atoms. The van der Waals surface area contributed by atoms with Crippen molar-refractivity contribution in [1.29, 1.82) is 0 Å². The predicted molar refractivity (Wildman–Crippen MR) is 131 cm³/mol. The molecule has 3 aromatic carbocycles. The zero-order chi connectivity index (χ0) is 23.4. The average molecular weight is 428 g/mol. The zero-order valence-electron chi connectivity index (χ0n) is 18.4. The summed E-state index contributed by atoms with van der Waals surface area (Å²) in [5, 5.41) is 2.49. The fourth-order valence-electron chi connectivity index (χ4n) is 3.67. The zero-order valence-corrected chi connectivity index (χ0v) is 18.4. The highest BCUT2D eigenvalue weighted by atomic mass is 16.1. The van der Waals surface area contributed by atoms with Crippen molar-refractivity contribution in [3.05, 3.63) is 80.1 Å². The number of aryl methyl sites for hydroxylation is 2. The SMILES string of the molecule is CC=O.CC=O.Cc1ccc2[nH]c3cc4c(=O)c5cc(C)ccc5[nH]c4cc3c(=O)c2c1. The molecule has 5 rings (SSSR count). The summed E-state index contributed by atoms with van der Waals surface area (Å²) >= 11 is 0. The van der Waals surface area contributed by atoms with Gasteiger partial charge in [-0.3, -0.25) is 9.59 Å². The van der Waals surface area contributed by atoms with Gasteiger partial charge in [0.15, 0.2) is 10.9 Å². The molecule has 0 unspecified atom stereocenters. The molecule has 0 aliphatic rings. The average Bonchev–Trinajstić information content (AvgIpc) is 2.76.